The summed E-state index contributed by atoms with van der Waals surface area (Å²) in [5.74, 6) is 1.55. The third kappa shape index (κ3) is 5.52. The van der Waals surface area contributed by atoms with Crippen molar-refractivity contribution in [3.05, 3.63) is 80.9 Å². The zero-order valence-electron chi connectivity index (χ0n) is 23.5. The summed E-state index contributed by atoms with van der Waals surface area (Å²) >= 11 is 0. The van der Waals surface area contributed by atoms with Gasteiger partial charge in [0.25, 0.3) is 5.56 Å². The molecule has 1 N–H and O–H groups in total. The Labute approximate surface area is 233 Å². The summed E-state index contributed by atoms with van der Waals surface area (Å²) in [6.07, 6.45) is 2.12. The van der Waals surface area contributed by atoms with Gasteiger partial charge in [-0.2, -0.15) is 0 Å². The Kier molecular flexibility index (Phi) is 7.64. The van der Waals surface area contributed by atoms with E-state index < -0.39 is 0 Å². The third-order valence-electron chi connectivity index (χ3n) is 8.32. The predicted octanol–water partition coefficient (Wildman–Crippen LogP) is 3.23. The fourth-order valence-corrected chi connectivity index (χ4v) is 5.88. The molecular formula is C30H37N7O3. The highest BCUT2D eigenvalue weighted by atomic mass is 16.5. The molecule has 210 valence electrons. The Morgan fingerprint density at radius 1 is 1.07 bits per heavy atom. The first-order valence-corrected chi connectivity index (χ1v) is 14.1. The Morgan fingerprint density at radius 3 is 2.58 bits per heavy atom. The quantitative estimate of drug-likeness (QED) is 0.362. The van der Waals surface area contributed by atoms with Crippen LogP contribution in [0.4, 0.5) is 0 Å². The first-order valence-electron chi connectivity index (χ1n) is 14.1. The molecular weight excluding hydrogens is 506 g/mol. The molecule has 6 rings (SSSR count). The zero-order chi connectivity index (χ0) is 27.6. The van der Waals surface area contributed by atoms with Gasteiger partial charge >= 0.3 is 0 Å². The van der Waals surface area contributed by atoms with Crippen LogP contribution in [0.5, 0.6) is 5.75 Å². The van der Waals surface area contributed by atoms with Crippen LogP contribution in [-0.4, -0.2) is 81.0 Å². The van der Waals surface area contributed by atoms with Gasteiger partial charge < -0.3 is 14.5 Å². The van der Waals surface area contributed by atoms with Gasteiger partial charge in [0.1, 0.15) is 11.8 Å². The maximum atomic E-state index is 13.6. The number of aromatic nitrogens is 5. The molecule has 40 heavy (non-hydrogen) atoms. The molecule has 2 aliphatic rings. The lowest BCUT2D eigenvalue weighted by molar-refractivity contribution is 0.0840. The van der Waals surface area contributed by atoms with Crippen molar-refractivity contribution in [1.29, 1.82) is 0 Å². The lowest BCUT2D eigenvalue weighted by Gasteiger charge is -2.38. The molecule has 0 unspecified atom stereocenters. The van der Waals surface area contributed by atoms with Crippen LogP contribution in [0.3, 0.4) is 0 Å². The van der Waals surface area contributed by atoms with E-state index in [-0.39, 0.29) is 17.7 Å². The second kappa shape index (κ2) is 11.5. The number of hydrogen-bond acceptors (Lipinski definition) is 8. The SMILES string of the molecule is COc1ccc(CN2CCN([C@H](c3cc4cc(C)c(C)cc4[nH]c3=O)c3nnnn3C[C@H]3CCCO3)CC2)cc1. The van der Waals surface area contributed by atoms with Gasteiger partial charge in [-0.05, 0) is 89.5 Å². The molecule has 0 bridgehead atoms. The number of tetrazole rings is 1. The van der Waals surface area contributed by atoms with Crippen LogP contribution in [0.2, 0.25) is 0 Å². The van der Waals surface area contributed by atoms with E-state index >= 15 is 0 Å². The summed E-state index contributed by atoms with van der Waals surface area (Å²) in [7, 11) is 1.69. The number of nitrogens with zero attached hydrogens (tertiary/aromatic N) is 6. The molecule has 4 aromatic rings. The number of fused-ring (bicyclic) bond motifs is 1. The molecule has 2 aliphatic heterocycles. The van der Waals surface area contributed by atoms with Gasteiger partial charge in [-0.1, -0.05) is 12.1 Å². The maximum Gasteiger partial charge on any atom is 0.253 e. The first-order chi connectivity index (χ1) is 19.5. The number of aromatic amines is 1. The van der Waals surface area contributed by atoms with E-state index in [1.165, 1.54) is 11.1 Å². The minimum atomic E-state index is -0.366. The van der Waals surface area contributed by atoms with Crippen molar-refractivity contribution in [2.75, 3.05) is 39.9 Å². The normalized spacial score (nSPS) is 19.3. The number of ether oxygens (including phenoxy) is 2. The molecule has 0 aliphatic carbocycles. The maximum absolute atomic E-state index is 13.6. The van der Waals surface area contributed by atoms with Crippen LogP contribution in [0.15, 0.2) is 47.3 Å². The van der Waals surface area contributed by atoms with Crippen molar-refractivity contribution < 1.29 is 9.47 Å². The Balaban J connectivity index is 1.30. The Morgan fingerprint density at radius 2 is 1.85 bits per heavy atom. The summed E-state index contributed by atoms with van der Waals surface area (Å²) in [6.45, 7) is 9.71. The molecule has 2 saturated heterocycles. The summed E-state index contributed by atoms with van der Waals surface area (Å²) < 4.78 is 13.0. The molecule has 2 fully saturated rings. The zero-order valence-corrected chi connectivity index (χ0v) is 23.5. The molecule has 4 heterocycles. The van der Waals surface area contributed by atoms with Gasteiger partial charge in [-0.15, -0.1) is 5.10 Å². The largest absolute Gasteiger partial charge is 0.497 e. The predicted molar refractivity (Wildman–Crippen MR) is 153 cm³/mol. The van der Waals surface area contributed by atoms with Crippen LogP contribution in [0, 0.1) is 13.8 Å². The van der Waals surface area contributed by atoms with Crippen molar-refractivity contribution in [2.24, 2.45) is 0 Å². The summed E-state index contributed by atoms with van der Waals surface area (Å²) in [5.41, 5.74) is 5.01. The van der Waals surface area contributed by atoms with Crippen LogP contribution >= 0.6 is 0 Å². The van der Waals surface area contributed by atoms with E-state index in [0.717, 1.165) is 74.4 Å². The van der Waals surface area contributed by atoms with E-state index in [2.05, 4.69) is 62.4 Å². The highest BCUT2D eigenvalue weighted by Gasteiger charge is 2.33. The summed E-state index contributed by atoms with van der Waals surface area (Å²) in [5, 5.41) is 13.9. The average molecular weight is 544 g/mol. The molecule has 0 amide bonds. The minimum Gasteiger partial charge on any atom is -0.497 e. The topological polar surface area (TPSA) is 101 Å². The molecule has 10 nitrogen and oxygen atoms in total. The van der Waals surface area contributed by atoms with Gasteiger partial charge in [-0.25, -0.2) is 4.68 Å². The summed E-state index contributed by atoms with van der Waals surface area (Å²) in [4.78, 5) is 21.6. The molecule has 2 aromatic carbocycles. The van der Waals surface area contributed by atoms with Gasteiger partial charge in [0.2, 0.25) is 0 Å². The van der Waals surface area contributed by atoms with Crippen LogP contribution in [0.25, 0.3) is 10.9 Å². The summed E-state index contributed by atoms with van der Waals surface area (Å²) in [6, 6.07) is 14.1. The monoisotopic (exact) mass is 543 g/mol. The van der Waals surface area contributed by atoms with E-state index in [0.29, 0.717) is 17.9 Å². The number of methoxy groups -OCH3 is 1. The second-order valence-corrected chi connectivity index (χ2v) is 11.0. The number of pyridine rings is 1. The van der Waals surface area contributed by atoms with Crippen molar-refractivity contribution in [1.82, 2.24) is 35.0 Å². The number of benzene rings is 2. The Bertz CT molecular complexity index is 1520. The van der Waals surface area contributed by atoms with Crippen molar-refractivity contribution in [2.45, 2.75) is 51.9 Å². The Hall–Kier alpha value is -3.60. The van der Waals surface area contributed by atoms with Crippen molar-refractivity contribution in [3.63, 3.8) is 0 Å². The minimum absolute atomic E-state index is 0.0877. The van der Waals surface area contributed by atoms with Crippen molar-refractivity contribution >= 4 is 10.9 Å². The number of piperazine rings is 1. The molecule has 10 heteroatoms. The lowest BCUT2D eigenvalue weighted by atomic mass is 10.00. The fourth-order valence-electron chi connectivity index (χ4n) is 5.88. The molecule has 2 aromatic heterocycles. The van der Waals surface area contributed by atoms with Gasteiger partial charge in [0, 0.05) is 50.4 Å². The third-order valence-corrected chi connectivity index (χ3v) is 8.32. The lowest BCUT2D eigenvalue weighted by Crippen LogP contribution is -2.48. The molecule has 0 radical (unpaired) electrons. The van der Waals surface area contributed by atoms with Gasteiger partial charge in [0.05, 0.1) is 19.8 Å². The smallest absolute Gasteiger partial charge is 0.253 e. The standard InChI is InChI=1S/C30H37N7O3/c1-20-15-23-17-26(30(38)31-27(23)16-21(20)2)28(29-32-33-34-37(29)19-25-5-4-14-40-25)36-12-10-35(11-13-36)18-22-6-8-24(39-3)9-7-22/h6-9,15-17,25,28H,4-5,10-14,18-19H2,1-3H3,(H,31,38)/t25-,28-/m1/s1. The molecule has 2 atom stereocenters. The number of rotatable bonds is 8. The first kappa shape index (κ1) is 26.6. The number of aryl methyl sites for hydroxylation is 2. The van der Waals surface area contributed by atoms with Crippen LogP contribution in [-0.2, 0) is 17.8 Å². The molecule has 0 saturated carbocycles. The van der Waals surface area contributed by atoms with Crippen molar-refractivity contribution in [3.8, 4) is 5.75 Å². The average Bonchev–Trinajstić information content (AvgIpc) is 3.64. The van der Waals surface area contributed by atoms with E-state index in [9.17, 15) is 4.79 Å². The van der Waals surface area contributed by atoms with E-state index in [1.54, 1.807) is 7.11 Å². The molecule has 0 spiro atoms. The number of H-pyrrole nitrogens is 1. The van der Waals surface area contributed by atoms with Crippen LogP contribution in [0.1, 0.15) is 47.0 Å². The van der Waals surface area contributed by atoms with E-state index in [4.69, 9.17) is 9.47 Å². The van der Waals surface area contributed by atoms with Gasteiger partial charge in [0.15, 0.2) is 5.82 Å². The second-order valence-electron chi connectivity index (χ2n) is 11.0. The highest BCUT2D eigenvalue weighted by Crippen LogP contribution is 2.29. The fraction of sp³-hybridized carbons (Fsp3) is 0.467. The van der Waals surface area contributed by atoms with Crippen LogP contribution < -0.4 is 10.3 Å². The number of nitrogens with one attached hydrogen (secondary N) is 1. The highest BCUT2D eigenvalue weighted by molar-refractivity contribution is 5.81. The van der Waals surface area contributed by atoms with Gasteiger partial charge in [-0.3, -0.25) is 14.6 Å². The van der Waals surface area contributed by atoms with E-state index in [1.807, 2.05) is 28.9 Å². The number of hydrogen-bond donors (Lipinski definition) is 1.